The maximum absolute atomic E-state index is 5.57. The standard InChI is InChI=1S/C44H72N2O6S7Si2/c1-47-60(48-2,49-3)33-25-17-13-9-7-11-15-19-27-37(43-45-39-29-21-23-31-41(39)55-43)35-53-57-59-58-54-36-38(44-46-40-30-22-24-32-42(40)56-44)28-20-16-12-8-10-14-18-26-34-61(50-4,51-5)52-6/h21-24,29-32,37-38H,7-20,25-28,33-36H2,1-6H3. The minimum absolute atomic E-state index is 0.498. The Morgan fingerprint density at radius 2 is 0.770 bits per heavy atom. The summed E-state index contributed by atoms with van der Waals surface area (Å²) in [5.41, 5.74) is 2.28. The normalized spacial score (nSPS) is 13.5. The average Bonchev–Trinajstić information content (AvgIpc) is 3.94. The van der Waals surface area contributed by atoms with Crippen LogP contribution in [-0.2, 0) is 26.6 Å². The first kappa shape index (κ1) is 53.8. The molecule has 344 valence electrons. The summed E-state index contributed by atoms with van der Waals surface area (Å²) in [4.78, 5) is 10.2. The Labute approximate surface area is 397 Å². The fourth-order valence-corrected chi connectivity index (χ4v) is 23.0. The zero-order valence-corrected chi connectivity index (χ0v) is 45.2. The molecule has 0 spiro atoms. The highest BCUT2D eigenvalue weighted by Crippen LogP contribution is 2.51. The molecule has 61 heavy (non-hydrogen) atoms. The van der Waals surface area contributed by atoms with Crippen LogP contribution in [0.3, 0.4) is 0 Å². The third-order valence-corrected chi connectivity index (χ3v) is 28.3. The molecule has 0 N–H and O–H groups in total. The zero-order valence-electron chi connectivity index (χ0n) is 37.5. The number of para-hydroxylation sites is 2. The van der Waals surface area contributed by atoms with Crippen LogP contribution in [0.1, 0.15) is 137 Å². The van der Waals surface area contributed by atoms with Crippen molar-refractivity contribution >= 4 is 112 Å². The second kappa shape index (κ2) is 32.0. The van der Waals surface area contributed by atoms with Gasteiger partial charge in [-0.15, -0.1) is 22.7 Å². The number of hydrogen-bond acceptors (Lipinski definition) is 15. The minimum atomic E-state index is -2.43. The number of nitrogens with zero attached hydrogens (tertiary/aromatic N) is 2. The van der Waals surface area contributed by atoms with Gasteiger partial charge in [-0.1, -0.05) is 136 Å². The van der Waals surface area contributed by atoms with Crippen LogP contribution in [0.25, 0.3) is 20.4 Å². The smallest absolute Gasteiger partial charge is 0.377 e. The van der Waals surface area contributed by atoms with Crippen molar-refractivity contribution in [3.63, 3.8) is 0 Å². The number of benzene rings is 2. The zero-order chi connectivity index (χ0) is 43.4. The molecule has 0 bridgehead atoms. The van der Waals surface area contributed by atoms with Crippen molar-refractivity contribution in [2.24, 2.45) is 0 Å². The minimum Gasteiger partial charge on any atom is -0.377 e. The van der Waals surface area contributed by atoms with Gasteiger partial charge in [0.15, 0.2) is 0 Å². The number of unbranched alkanes of at least 4 members (excludes halogenated alkanes) is 14. The molecule has 0 radical (unpaired) electrons. The molecule has 0 aliphatic carbocycles. The fourth-order valence-electron chi connectivity index (χ4n) is 7.65. The van der Waals surface area contributed by atoms with Gasteiger partial charge in [-0.05, 0) is 79.4 Å². The Morgan fingerprint density at radius 3 is 1.11 bits per heavy atom. The van der Waals surface area contributed by atoms with E-state index in [0.717, 1.165) is 47.5 Å². The third-order valence-electron chi connectivity index (χ3n) is 11.4. The summed E-state index contributed by atoms with van der Waals surface area (Å²) in [5.74, 6) is 3.20. The van der Waals surface area contributed by atoms with Gasteiger partial charge in [0.05, 0.1) is 30.4 Å². The monoisotopic (exact) mass is 1000 g/mol. The summed E-state index contributed by atoms with van der Waals surface area (Å²) in [6.45, 7) is 0. The maximum Gasteiger partial charge on any atom is 0.500 e. The molecule has 0 saturated carbocycles. The van der Waals surface area contributed by atoms with Gasteiger partial charge in [-0.25, -0.2) is 9.97 Å². The van der Waals surface area contributed by atoms with Crippen LogP contribution in [0.4, 0.5) is 0 Å². The van der Waals surface area contributed by atoms with Gasteiger partial charge in [0.25, 0.3) is 0 Å². The van der Waals surface area contributed by atoms with Crippen molar-refractivity contribution in [2.45, 2.75) is 139 Å². The molecule has 2 unspecified atom stereocenters. The molecule has 2 aromatic heterocycles. The Bertz CT molecular complexity index is 1510. The molecule has 0 fully saturated rings. The summed E-state index contributed by atoms with van der Waals surface area (Å²) in [6.07, 6.45) is 22.6. The lowest BCUT2D eigenvalue weighted by Gasteiger charge is -2.24. The third kappa shape index (κ3) is 19.5. The average molecular weight is 1010 g/mol. The van der Waals surface area contributed by atoms with Crippen LogP contribution < -0.4 is 0 Å². The van der Waals surface area contributed by atoms with Crippen LogP contribution in [0, 0.1) is 0 Å². The SMILES string of the molecule is CO[Si](CCCCCCCCCCC(CSSSSSCC(CCCCCCCCCC[Si](OC)(OC)OC)c1nc2ccccc2s1)c1nc2ccccc2s1)(OC)OC. The van der Waals surface area contributed by atoms with Gasteiger partial charge in [-0.3, -0.25) is 0 Å². The molecule has 2 heterocycles. The van der Waals surface area contributed by atoms with Gasteiger partial charge < -0.3 is 26.6 Å². The molecule has 17 heteroatoms. The second-order valence-corrected chi connectivity index (χ2v) is 31.7. The summed E-state index contributed by atoms with van der Waals surface area (Å²) in [6, 6.07) is 19.0. The summed E-state index contributed by atoms with van der Waals surface area (Å²) in [7, 11) is 15.2. The predicted molar refractivity (Wildman–Crippen MR) is 279 cm³/mol. The molecule has 4 aromatic rings. The number of hydrogen-bond donors (Lipinski definition) is 0. The summed E-state index contributed by atoms with van der Waals surface area (Å²) >= 11 is 3.79. The van der Waals surface area contributed by atoms with Crippen molar-refractivity contribution < 1.29 is 26.6 Å². The van der Waals surface area contributed by atoms with Gasteiger partial charge in [-0.2, -0.15) is 0 Å². The maximum atomic E-state index is 5.57. The number of fused-ring (bicyclic) bond motifs is 2. The van der Waals surface area contributed by atoms with E-state index in [1.807, 2.05) is 73.7 Å². The van der Waals surface area contributed by atoms with E-state index in [2.05, 4.69) is 48.5 Å². The van der Waals surface area contributed by atoms with E-state index in [1.165, 1.54) is 122 Å². The highest BCUT2D eigenvalue weighted by Gasteiger charge is 2.37. The molecule has 2 atom stereocenters. The van der Waals surface area contributed by atoms with E-state index in [1.54, 1.807) is 42.7 Å². The lowest BCUT2D eigenvalue weighted by atomic mass is 10.0. The van der Waals surface area contributed by atoms with E-state index >= 15 is 0 Å². The van der Waals surface area contributed by atoms with Crippen molar-refractivity contribution in [2.75, 3.05) is 54.2 Å². The number of aromatic nitrogens is 2. The molecule has 0 aliphatic rings. The van der Waals surface area contributed by atoms with Gasteiger partial charge in [0, 0.05) is 78.1 Å². The Hall–Kier alpha value is 0.164. The van der Waals surface area contributed by atoms with Crippen molar-refractivity contribution in [1.82, 2.24) is 9.97 Å². The van der Waals surface area contributed by atoms with Gasteiger partial charge >= 0.3 is 17.6 Å². The van der Waals surface area contributed by atoms with Crippen LogP contribution in [0.2, 0.25) is 12.1 Å². The highest BCUT2D eigenvalue weighted by molar-refractivity contribution is 9.35. The van der Waals surface area contributed by atoms with E-state index in [-0.39, 0.29) is 0 Å². The Morgan fingerprint density at radius 1 is 0.443 bits per heavy atom. The van der Waals surface area contributed by atoms with Gasteiger partial charge in [0.1, 0.15) is 0 Å². The van der Waals surface area contributed by atoms with E-state index in [4.69, 9.17) is 36.5 Å². The number of rotatable bonds is 38. The van der Waals surface area contributed by atoms with Crippen molar-refractivity contribution in [1.29, 1.82) is 0 Å². The summed E-state index contributed by atoms with van der Waals surface area (Å²) < 4.78 is 36.0. The Balaban J connectivity index is 1.13. The molecule has 8 nitrogen and oxygen atoms in total. The van der Waals surface area contributed by atoms with Crippen LogP contribution in [0.5, 0.6) is 0 Å². The topological polar surface area (TPSA) is 81.2 Å². The number of thiazole rings is 2. The van der Waals surface area contributed by atoms with E-state index in [9.17, 15) is 0 Å². The summed E-state index contributed by atoms with van der Waals surface area (Å²) in [5, 5.41) is 2.62. The molecule has 0 saturated heterocycles. The first-order valence-electron chi connectivity index (χ1n) is 22.2. The molecule has 0 aliphatic heterocycles. The lowest BCUT2D eigenvalue weighted by Crippen LogP contribution is -2.42. The lowest BCUT2D eigenvalue weighted by molar-refractivity contribution is 0.122. The quantitative estimate of drug-likeness (QED) is 0.0243. The van der Waals surface area contributed by atoms with Crippen molar-refractivity contribution in [3.8, 4) is 0 Å². The molecule has 4 rings (SSSR count). The van der Waals surface area contributed by atoms with E-state index < -0.39 is 17.6 Å². The first-order chi connectivity index (χ1) is 29.9. The molecular formula is C44H72N2O6S7Si2. The van der Waals surface area contributed by atoms with Crippen LogP contribution in [0.15, 0.2) is 48.5 Å². The Kier molecular flexibility index (Phi) is 28.2. The van der Waals surface area contributed by atoms with Gasteiger partial charge in [0.2, 0.25) is 0 Å². The predicted octanol–water partition coefficient (Wildman–Crippen LogP) is 15.9. The van der Waals surface area contributed by atoms with Crippen LogP contribution >= 0.6 is 73.7 Å². The van der Waals surface area contributed by atoms with Crippen LogP contribution in [-0.4, -0.2) is 81.7 Å². The molecule has 0 amide bonds. The highest BCUT2D eigenvalue weighted by atomic mass is 33.8. The van der Waals surface area contributed by atoms with Crippen molar-refractivity contribution in [3.05, 3.63) is 58.5 Å². The molecular weight excluding hydrogens is 933 g/mol. The first-order valence-corrected chi connectivity index (χ1v) is 34.2. The second-order valence-electron chi connectivity index (χ2n) is 15.5. The molecule has 2 aromatic carbocycles. The fraction of sp³-hybridized carbons (Fsp3) is 0.682. The largest absolute Gasteiger partial charge is 0.500 e. The van der Waals surface area contributed by atoms with E-state index in [0.29, 0.717) is 11.8 Å².